The number of allylic oxidation sites excluding steroid dienone is 4. The van der Waals surface area contributed by atoms with Gasteiger partial charge in [-0.05, 0) is 45.4 Å². The number of unbranched alkanes of at least 4 members (excludes halogenated alkanes) is 8. The molecule has 0 aromatic heterocycles. The molecule has 0 radical (unpaired) electrons. The van der Waals surface area contributed by atoms with Crippen molar-refractivity contribution in [2.75, 3.05) is 6.61 Å². The standard InChI is InChI=1S/C21H39NO2/c1-3-4-5-6-7-8-9-10-11-12-13-14-15-16-17-18-21(24)22-20(2)19-23/h7-8,10-11,20,23H,3-6,9,12-19H2,1-2H3,(H,22,24)/b8-7-,11-10-/t20-/m0/s1. The predicted molar refractivity (Wildman–Crippen MR) is 104 cm³/mol. The molecule has 0 unspecified atom stereocenters. The van der Waals surface area contributed by atoms with Crippen LogP contribution in [-0.2, 0) is 4.79 Å². The largest absolute Gasteiger partial charge is 0.394 e. The van der Waals surface area contributed by atoms with E-state index in [1.54, 1.807) is 0 Å². The maximum Gasteiger partial charge on any atom is 0.220 e. The van der Waals surface area contributed by atoms with Crippen molar-refractivity contribution in [3.63, 3.8) is 0 Å². The van der Waals surface area contributed by atoms with Crippen molar-refractivity contribution in [1.82, 2.24) is 5.32 Å². The second kappa shape index (κ2) is 18.3. The molecule has 0 rings (SSSR count). The normalized spacial score (nSPS) is 13.0. The SMILES string of the molecule is CCCCC/C=C\C/C=C\CCCCCCCC(=O)N[C@@H](C)CO. The highest BCUT2D eigenvalue weighted by molar-refractivity contribution is 5.76. The zero-order valence-corrected chi connectivity index (χ0v) is 15.9. The molecule has 3 heteroatoms. The van der Waals surface area contributed by atoms with Gasteiger partial charge in [0.15, 0.2) is 0 Å². The lowest BCUT2D eigenvalue weighted by Crippen LogP contribution is -2.34. The topological polar surface area (TPSA) is 49.3 Å². The van der Waals surface area contributed by atoms with E-state index in [2.05, 4.69) is 36.5 Å². The Morgan fingerprint density at radius 2 is 1.50 bits per heavy atom. The molecule has 24 heavy (non-hydrogen) atoms. The highest BCUT2D eigenvalue weighted by Gasteiger charge is 2.04. The van der Waals surface area contributed by atoms with Crippen LogP contribution in [0.1, 0.15) is 90.9 Å². The van der Waals surface area contributed by atoms with Gasteiger partial charge in [0.2, 0.25) is 5.91 Å². The summed E-state index contributed by atoms with van der Waals surface area (Å²) in [7, 11) is 0. The van der Waals surface area contributed by atoms with Gasteiger partial charge in [-0.15, -0.1) is 0 Å². The maximum atomic E-state index is 11.5. The van der Waals surface area contributed by atoms with Crippen LogP contribution in [0.4, 0.5) is 0 Å². The first kappa shape index (κ1) is 22.9. The lowest BCUT2D eigenvalue weighted by molar-refractivity contribution is -0.122. The minimum Gasteiger partial charge on any atom is -0.394 e. The van der Waals surface area contributed by atoms with Gasteiger partial charge in [-0.3, -0.25) is 4.79 Å². The van der Waals surface area contributed by atoms with Gasteiger partial charge in [0.25, 0.3) is 0 Å². The number of amides is 1. The monoisotopic (exact) mass is 337 g/mol. The van der Waals surface area contributed by atoms with Gasteiger partial charge in [0.1, 0.15) is 0 Å². The van der Waals surface area contributed by atoms with Crippen LogP contribution in [0.15, 0.2) is 24.3 Å². The van der Waals surface area contributed by atoms with Crippen LogP contribution in [0, 0.1) is 0 Å². The van der Waals surface area contributed by atoms with Gasteiger partial charge in [0, 0.05) is 12.5 Å². The average Bonchev–Trinajstić information content (AvgIpc) is 2.58. The molecule has 1 atom stereocenters. The van der Waals surface area contributed by atoms with Crippen molar-refractivity contribution in [3.05, 3.63) is 24.3 Å². The van der Waals surface area contributed by atoms with E-state index in [1.165, 1.54) is 44.9 Å². The van der Waals surface area contributed by atoms with E-state index in [-0.39, 0.29) is 18.6 Å². The summed E-state index contributed by atoms with van der Waals surface area (Å²) < 4.78 is 0. The van der Waals surface area contributed by atoms with Crippen molar-refractivity contribution in [1.29, 1.82) is 0 Å². The molecule has 1 amide bonds. The van der Waals surface area contributed by atoms with Crippen LogP contribution in [0.2, 0.25) is 0 Å². The molecule has 0 aliphatic rings. The third kappa shape index (κ3) is 17.3. The van der Waals surface area contributed by atoms with Crippen LogP contribution in [0.25, 0.3) is 0 Å². The van der Waals surface area contributed by atoms with Crippen molar-refractivity contribution >= 4 is 5.91 Å². The van der Waals surface area contributed by atoms with Crippen LogP contribution in [0.5, 0.6) is 0 Å². The molecular formula is C21H39NO2. The Bertz CT molecular complexity index is 337. The summed E-state index contributed by atoms with van der Waals surface area (Å²) >= 11 is 0. The number of nitrogens with one attached hydrogen (secondary N) is 1. The third-order valence-electron chi connectivity index (χ3n) is 4.04. The number of carbonyl (C=O) groups excluding carboxylic acids is 1. The fraction of sp³-hybridized carbons (Fsp3) is 0.762. The Morgan fingerprint density at radius 3 is 2.12 bits per heavy atom. The molecule has 3 nitrogen and oxygen atoms in total. The summed E-state index contributed by atoms with van der Waals surface area (Å²) in [5.41, 5.74) is 0. The Morgan fingerprint density at radius 1 is 0.917 bits per heavy atom. The average molecular weight is 338 g/mol. The van der Waals surface area contributed by atoms with Crippen molar-refractivity contribution < 1.29 is 9.90 Å². The third-order valence-corrected chi connectivity index (χ3v) is 4.04. The first-order chi connectivity index (χ1) is 11.7. The fourth-order valence-electron chi connectivity index (χ4n) is 2.49. The van der Waals surface area contributed by atoms with E-state index in [9.17, 15) is 4.79 Å². The Kier molecular flexibility index (Phi) is 17.4. The molecule has 140 valence electrons. The zero-order valence-electron chi connectivity index (χ0n) is 15.9. The van der Waals surface area contributed by atoms with Crippen molar-refractivity contribution in [3.8, 4) is 0 Å². The number of rotatable bonds is 16. The number of carbonyl (C=O) groups is 1. The zero-order chi connectivity index (χ0) is 17.9. The van der Waals surface area contributed by atoms with Crippen LogP contribution < -0.4 is 5.32 Å². The minimum absolute atomic E-state index is 0.00784. The summed E-state index contributed by atoms with van der Waals surface area (Å²) in [6.07, 6.45) is 22.9. The molecule has 0 spiro atoms. The van der Waals surface area contributed by atoms with E-state index in [0.717, 1.165) is 25.7 Å². The first-order valence-electron chi connectivity index (χ1n) is 9.90. The molecule has 0 bridgehead atoms. The van der Waals surface area contributed by atoms with Crippen LogP contribution >= 0.6 is 0 Å². The molecule has 0 aliphatic carbocycles. The molecule has 0 heterocycles. The number of hydrogen-bond donors (Lipinski definition) is 2. The summed E-state index contributed by atoms with van der Waals surface area (Å²) in [6.45, 7) is 4.06. The molecule has 2 N–H and O–H groups in total. The van der Waals surface area contributed by atoms with Gasteiger partial charge in [0.05, 0.1) is 6.61 Å². The summed E-state index contributed by atoms with van der Waals surface area (Å²) in [6, 6.07) is -0.129. The van der Waals surface area contributed by atoms with Crippen LogP contribution in [0.3, 0.4) is 0 Å². The number of aliphatic hydroxyl groups is 1. The minimum atomic E-state index is -0.129. The number of hydrogen-bond acceptors (Lipinski definition) is 2. The highest BCUT2D eigenvalue weighted by Crippen LogP contribution is 2.08. The maximum absolute atomic E-state index is 11.5. The predicted octanol–water partition coefficient (Wildman–Crippen LogP) is 5.30. The van der Waals surface area contributed by atoms with Crippen molar-refractivity contribution in [2.45, 2.75) is 96.9 Å². The Labute approximate surface area is 149 Å². The van der Waals surface area contributed by atoms with Gasteiger partial charge < -0.3 is 10.4 Å². The Hall–Kier alpha value is -1.09. The molecule has 0 aromatic rings. The molecule has 0 aliphatic heterocycles. The molecule has 0 saturated heterocycles. The fourth-order valence-corrected chi connectivity index (χ4v) is 2.49. The molecule has 0 saturated carbocycles. The quantitative estimate of drug-likeness (QED) is 0.297. The van der Waals surface area contributed by atoms with E-state index in [4.69, 9.17) is 5.11 Å². The Balaban J connectivity index is 3.30. The molecule has 0 fully saturated rings. The second-order valence-electron chi connectivity index (χ2n) is 6.63. The summed E-state index contributed by atoms with van der Waals surface area (Å²) in [5, 5.41) is 11.6. The van der Waals surface area contributed by atoms with E-state index >= 15 is 0 Å². The van der Waals surface area contributed by atoms with Crippen molar-refractivity contribution in [2.24, 2.45) is 0 Å². The molecular weight excluding hydrogens is 298 g/mol. The second-order valence-corrected chi connectivity index (χ2v) is 6.63. The first-order valence-corrected chi connectivity index (χ1v) is 9.90. The summed E-state index contributed by atoms with van der Waals surface area (Å²) in [5.74, 6) is 0.0576. The highest BCUT2D eigenvalue weighted by atomic mass is 16.3. The molecule has 0 aromatic carbocycles. The summed E-state index contributed by atoms with van der Waals surface area (Å²) in [4.78, 5) is 11.5. The van der Waals surface area contributed by atoms with E-state index in [0.29, 0.717) is 6.42 Å². The lowest BCUT2D eigenvalue weighted by Gasteiger charge is -2.10. The van der Waals surface area contributed by atoms with E-state index in [1.807, 2.05) is 6.92 Å². The van der Waals surface area contributed by atoms with E-state index < -0.39 is 0 Å². The van der Waals surface area contributed by atoms with Crippen LogP contribution in [-0.4, -0.2) is 23.7 Å². The van der Waals surface area contributed by atoms with Gasteiger partial charge >= 0.3 is 0 Å². The van der Waals surface area contributed by atoms with Gasteiger partial charge in [-0.2, -0.15) is 0 Å². The lowest BCUT2D eigenvalue weighted by atomic mass is 10.1. The number of aliphatic hydroxyl groups excluding tert-OH is 1. The van der Waals surface area contributed by atoms with Gasteiger partial charge in [-0.25, -0.2) is 0 Å². The smallest absolute Gasteiger partial charge is 0.220 e. The van der Waals surface area contributed by atoms with Gasteiger partial charge in [-0.1, -0.05) is 63.3 Å².